The minimum absolute atomic E-state index is 0.742. The van der Waals surface area contributed by atoms with Crippen LogP contribution in [0.3, 0.4) is 0 Å². The molecule has 2 aromatic rings. The molecule has 0 aromatic heterocycles. The van der Waals surface area contributed by atoms with Gasteiger partial charge in [-0.1, -0.05) is 153 Å². The van der Waals surface area contributed by atoms with Gasteiger partial charge < -0.3 is 0 Å². The van der Waals surface area contributed by atoms with Gasteiger partial charge in [0.25, 0.3) is 0 Å². The van der Waals surface area contributed by atoms with E-state index in [1.807, 2.05) is 0 Å². The third kappa shape index (κ3) is 9.67. The van der Waals surface area contributed by atoms with Gasteiger partial charge in [0.1, 0.15) is 0 Å². The molecule has 1 unspecified atom stereocenters. The fourth-order valence-corrected chi connectivity index (χ4v) is 4.93. The Kier molecular flexibility index (Phi) is 13.6. The minimum Gasteiger partial charge on any atom is -0.0654 e. The lowest BCUT2D eigenvalue weighted by Gasteiger charge is -2.20. The van der Waals surface area contributed by atoms with E-state index in [0.29, 0.717) is 0 Å². The van der Waals surface area contributed by atoms with Crippen LogP contribution in [-0.4, -0.2) is 0 Å². The maximum absolute atomic E-state index is 2.41. The third-order valence-electron chi connectivity index (χ3n) is 6.83. The van der Waals surface area contributed by atoms with Crippen LogP contribution in [0, 0.1) is 0 Å². The number of hydrogen-bond donors (Lipinski definition) is 0. The minimum atomic E-state index is 0.742. The van der Waals surface area contributed by atoms with Crippen LogP contribution in [0.15, 0.2) is 42.5 Å². The predicted octanol–water partition coefficient (Wildman–Crippen LogP) is 10.6. The molecule has 2 aromatic carbocycles. The molecule has 168 valence electrons. The fraction of sp³-hybridized carbons (Fsp3) is 0.667. The average Bonchev–Trinajstić information content (AvgIpc) is 2.78. The Morgan fingerprint density at radius 1 is 0.500 bits per heavy atom. The summed E-state index contributed by atoms with van der Waals surface area (Å²) in [6.07, 6.45) is 24.0. The van der Waals surface area contributed by atoms with E-state index in [9.17, 15) is 0 Å². The number of hydrogen-bond acceptors (Lipinski definition) is 0. The maximum atomic E-state index is 2.41. The molecular formula is C30H48. The van der Waals surface area contributed by atoms with Crippen LogP contribution < -0.4 is 0 Å². The third-order valence-corrected chi connectivity index (χ3v) is 6.83. The van der Waals surface area contributed by atoms with Crippen molar-refractivity contribution >= 4 is 10.8 Å². The van der Waals surface area contributed by atoms with Gasteiger partial charge in [-0.25, -0.2) is 0 Å². The van der Waals surface area contributed by atoms with Gasteiger partial charge in [0.2, 0.25) is 0 Å². The van der Waals surface area contributed by atoms with Crippen molar-refractivity contribution in [2.75, 3.05) is 0 Å². The summed E-state index contributed by atoms with van der Waals surface area (Å²) in [4.78, 5) is 0. The maximum Gasteiger partial charge on any atom is -0.0149 e. The van der Waals surface area contributed by atoms with Gasteiger partial charge in [0, 0.05) is 0 Å². The summed E-state index contributed by atoms with van der Waals surface area (Å²) in [6.45, 7) is 4.61. The van der Waals surface area contributed by atoms with Crippen LogP contribution in [0.4, 0.5) is 0 Å². The van der Waals surface area contributed by atoms with Gasteiger partial charge in [-0.3, -0.25) is 0 Å². The lowest BCUT2D eigenvalue weighted by atomic mass is 9.85. The van der Waals surface area contributed by atoms with Crippen molar-refractivity contribution in [3.8, 4) is 0 Å². The van der Waals surface area contributed by atoms with E-state index in [0.717, 1.165) is 5.92 Å². The van der Waals surface area contributed by atoms with Crippen molar-refractivity contribution in [1.82, 2.24) is 0 Å². The fourth-order valence-electron chi connectivity index (χ4n) is 4.93. The van der Waals surface area contributed by atoms with Crippen LogP contribution in [-0.2, 0) is 0 Å². The van der Waals surface area contributed by atoms with Crippen LogP contribution in [0.5, 0.6) is 0 Å². The van der Waals surface area contributed by atoms with Gasteiger partial charge in [-0.2, -0.15) is 0 Å². The molecule has 0 heterocycles. The normalized spacial score (nSPS) is 12.5. The Bertz CT molecular complexity index is 651. The van der Waals surface area contributed by atoms with E-state index in [2.05, 4.69) is 56.3 Å². The van der Waals surface area contributed by atoms with E-state index >= 15 is 0 Å². The highest BCUT2D eigenvalue weighted by molar-refractivity contribution is 5.86. The highest BCUT2D eigenvalue weighted by Crippen LogP contribution is 2.33. The van der Waals surface area contributed by atoms with Crippen molar-refractivity contribution < 1.29 is 0 Å². The first-order chi connectivity index (χ1) is 14.9. The largest absolute Gasteiger partial charge is 0.0654 e. The van der Waals surface area contributed by atoms with Crippen molar-refractivity contribution in [3.05, 3.63) is 48.0 Å². The molecule has 0 nitrogen and oxygen atoms in total. The molecule has 0 N–H and O–H groups in total. The first-order valence-corrected chi connectivity index (χ1v) is 13.3. The SMILES string of the molecule is CCCCCCCCCCCC(CCCCCCCC)c1cccc2ccccc12. The standard InChI is InChI=1S/C30H48/c1-3-5-7-9-11-12-13-15-17-22-27(21-16-14-10-8-6-4-2)30-26-20-24-28-23-18-19-25-29(28)30/h18-20,23-27H,3-17,21-22H2,1-2H3. The van der Waals surface area contributed by atoms with Crippen molar-refractivity contribution in [3.63, 3.8) is 0 Å². The van der Waals surface area contributed by atoms with Crippen LogP contribution in [0.1, 0.15) is 134 Å². The second kappa shape index (κ2) is 16.4. The van der Waals surface area contributed by atoms with E-state index < -0.39 is 0 Å². The molecule has 0 amide bonds. The predicted molar refractivity (Wildman–Crippen MR) is 137 cm³/mol. The van der Waals surface area contributed by atoms with E-state index in [1.165, 1.54) is 120 Å². The zero-order valence-electron chi connectivity index (χ0n) is 20.1. The van der Waals surface area contributed by atoms with Crippen molar-refractivity contribution in [2.24, 2.45) is 0 Å². The molecular weight excluding hydrogens is 360 g/mol. The summed E-state index contributed by atoms with van der Waals surface area (Å²) in [5.41, 5.74) is 1.61. The average molecular weight is 409 g/mol. The molecule has 0 aliphatic rings. The number of benzene rings is 2. The Hall–Kier alpha value is -1.30. The molecule has 0 saturated heterocycles. The van der Waals surface area contributed by atoms with Gasteiger partial charge in [-0.15, -0.1) is 0 Å². The number of unbranched alkanes of at least 4 members (excludes halogenated alkanes) is 13. The topological polar surface area (TPSA) is 0 Å². The zero-order valence-corrected chi connectivity index (χ0v) is 20.1. The lowest BCUT2D eigenvalue weighted by Crippen LogP contribution is -2.01. The zero-order chi connectivity index (χ0) is 21.3. The Morgan fingerprint density at radius 3 is 1.53 bits per heavy atom. The second-order valence-electron chi connectivity index (χ2n) is 9.44. The van der Waals surface area contributed by atoms with E-state index in [1.54, 1.807) is 5.56 Å². The molecule has 0 fully saturated rings. The number of rotatable bonds is 18. The second-order valence-corrected chi connectivity index (χ2v) is 9.44. The molecule has 0 heteroatoms. The molecule has 2 rings (SSSR count). The Balaban J connectivity index is 1.82. The highest BCUT2D eigenvalue weighted by atomic mass is 14.2. The van der Waals surface area contributed by atoms with E-state index in [4.69, 9.17) is 0 Å². The summed E-state index contributed by atoms with van der Waals surface area (Å²) in [5, 5.41) is 2.90. The summed E-state index contributed by atoms with van der Waals surface area (Å²) >= 11 is 0. The van der Waals surface area contributed by atoms with Crippen LogP contribution >= 0.6 is 0 Å². The van der Waals surface area contributed by atoms with Gasteiger partial charge in [0.05, 0.1) is 0 Å². The molecule has 0 bridgehead atoms. The highest BCUT2D eigenvalue weighted by Gasteiger charge is 2.14. The quantitative estimate of drug-likeness (QED) is 0.215. The molecule has 0 aliphatic heterocycles. The summed E-state index contributed by atoms with van der Waals surface area (Å²) in [7, 11) is 0. The van der Waals surface area contributed by atoms with Crippen LogP contribution in [0.25, 0.3) is 10.8 Å². The molecule has 0 aliphatic carbocycles. The number of fused-ring (bicyclic) bond motifs is 1. The summed E-state index contributed by atoms with van der Waals surface area (Å²) < 4.78 is 0. The van der Waals surface area contributed by atoms with Crippen molar-refractivity contribution in [2.45, 2.75) is 129 Å². The smallest absolute Gasteiger partial charge is 0.0149 e. The van der Waals surface area contributed by atoms with Gasteiger partial charge >= 0.3 is 0 Å². The molecule has 0 radical (unpaired) electrons. The van der Waals surface area contributed by atoms with Crippen LogP contribution in [0.2, 0.25) is 0 Å². The van der Waals surface area contributed by atoms with Crippen molar-refractivity contribution in [1.29, 1.82) is 0 Å². The van der Waals surface area contributed by atoms with Gasteiger partial charge in [0.15, 0.2) is 0 Å². The first kappa shape index (κ1) is 25.0. The Labute approximate surface area is 187 Å². The molecule has 0 saturated carbocycles. The molecule has 30 heavy (non-hydrogen) atoms. The van der Waals surface area contributed by atoms with Gasteiger partial charge in [-0.05, 0) is 35.1 Å². The lowest BCUT2D eigenvalue weighted by molar-refractivity contribution is 0.485. The first-order valence-electron chi connectivity index (χ1n) is 13.3. The summed E-state index contributed by atoms with van der Waals surface area (Å²) in [5.74, 6) is 0.742. The Morgan fingerprint density at radius 2 is 0.967 bits per heavy atom. The molecule has 1 atom stereocenters. The summed E-state index contributed by atoms with van der Waals surface area (Å²) in [6, 6.07) is 16.0. The van der Waals surface area contributed by atoms with E-state index in [-0.39, 0.29) is 0 Å². The molecule has 0 spiro atoms. The monoisotopic (exact) mass is 408 g/mol.